The van der Waals surface area contributed by atoms with Gasteiger partial charge in [0.25, 0.3) is 0 Å². The van der Waals surface area contributed by atoms with Gasteiger partial charge in [0.15, 0.2) is 0 Å². The molecule has 0 saturated heterocycles. The fourth-order valence-electron chi connectivity index (χ4n) is 2.19. The minimum absolute atomic E-state index is 0.190. The van der Waals surface area contributed by atoms with Crippen molar-refractivity contribution in [1.29, 1.82) is 0 Å². The molecule has 6 heteroatoms. The van der Waals surface area contributed by atoms with Crippen LogP contribution in [0.5, 0.6) is 5.75 Å². The van der Waals surface area contributed by atoms with Crippen molar-refractivity contribution in [3.8, 4) is 16.9 Å². The minimum atomic E-state index is -0.533. The molecule has 2 aromatic rings. The molecule has 0 saturated carbocycles. The predicted octanol–water partition coefficient (Wildman–Crippen LogP) is 2.95. The van der Waals surface area contributed by atoms with Crippen molar-refractivity contribution in [2.45, 2.75) is 19.6 Å². The number of aliphatic hydroxyl groups excluding tert-OH is 1. The number of likely N-dealkylation sites (N-methyl/N-ethyl adjacent to an activating group) is 1. The molecule has 23 heavy (non-hydrogen) atoms. The zero-order valence-electron chi connectivity index (χ0n) is 13.6. The fraction of sp³-hybridized carbons (Fsp3) is 0.353. The van der Waals surface area contributed by atoms with Crippen LogP contribution in [0, 0.1) is 0 Å². The number of benzene rings is 1. The molecule has 1 atom stereocenters. The van der Waals surface area contributed by atoms with Crippen LogP contribution in [0.15, 0.2) is 35.7 Å². The average molecular weight is 334 g/mol. The van der Waals surface area contributed by atoms with E-state index in [9.17, 15) is 9.90 Å². The van der Waals surface area contributed by atoms with Gasteiger partial charge >= 0.3 is 6.03 Å². The van der Waals surface area contributed by atoms with E-state index in [0.717, 1.165) is 21.8 Å². The second-order valence-corrected chi connectivity index (χ2v) is 6.41. The quantitative estimate of drug-likeness (QED) is 0.854. The van der Waals surface area contributed by atoms with Gasteiger partial charge in [0, 0.05) is 18.5 Å². The van der Waals surface area contributed by atoms with E-state index in [0.29, 0.717) is 13.1 Å². The Morgan fingerprint density at radius 3 is 2.65 bits per heavy atom. The minimum Gasteiger partial charge on any atom is -0.497 e. The first-order valence-electron chi connectivity index (χ1n) is 7.38. The number of carbonyl (C=O) groups is 1. The Morgan fingerprint density at radius 2 is 2.04 bits per heavy atom. The second-order valence-electron chi connectivity index (χ2n) is 5.42. The molecule has 1 heterocycles. The number of nitrogens with zero attached hydrogens (tertiary/aromatic N) is 1. The summed E-state index contributed by atoms with van der Waals surface area (Å²) in [5.41, 5.74) is 2.24. The average Bonchev–Trinajstić information content (AvgIpc) is 3.01. The van der Waals surface area contributed by atoms with Crippen molar-refractivity contribution in [3.05, 3.63) is 40.6 Å². The summed E-state index contributed by atoms with van der Waals surface area (Å²) < 4.78 is 5.16. The third-order valence-corrected chi connectivity index (χ3v) is 4.31. The van der Waals surface area contributed by atoms with Crippen molar-refractivity contribution >= 4 is 17.4 Å². The van der Waals surface area contributed by atoms with Crippen LogP contribution in [-0.2, 0) is 6.54 Å². The first-order chi connectivity index (χ1) is 11.0. The normalized spacial score (nSPS) is 11.8. The highest BCUT2D eigenvalue weighted by Gasteiger charge is 2.11. The fourth-order valence-corrected chi connectivity index (χ4v) is 3.02. The van der Waals surface area contributed by atoms with Crippen LogP contribution in [0.3, 0.4) is 0 Å². The molecule has 0 aliphatic heterocycles. The molecule has 0 aliphatic carbocycles. The van der Waals surface area contributed by atoms with Gasteiger partial charge in [0.2, 0.25) is 0 Å². The number of hydrogen-bond acceptors (Lipinski definition) is 4. The van der Waals surface area contributed by atoms with Crippen molar-refractivity contribution in [2.24, 2.45) is 0 Å². The zero-order valence-corrected chi connectivity index (χ0v) is 14.4. The molecule has 5 nitrogen and oxygen atoms in total. The first kappa shape index (κ1) is 17.3. The van der Waals surface area contributed by atoms with Gasteiger partial charge in [0.1, 0.15) is 5.75 Å². The summed E-state index contributed by atoms with van der Waals surface area (Å²) in [5, 5.41) is 14.2. The molecule has 0 radical (unpaired) electrons. The van der Waals surface area contributed by atoms with Gasteiger partial charge in [-0.2, -0.15) is 0 Å². The van der Waals surface area contributed by atoms with Crippen molar-refractivity contribution in [1.82, 2.24) is 10.2 Å². The van der Waals surface area contributed by atoms with Crippen LogP contribution in [0.1, 0.15) is 11.8 Å². The van der Waals surface area contributed by atoms with Crippen LogP contribution in [-0.4, -0.2) is 42.8 Å². The highest BCUT2D eigenvalue weighted by Crippen LogP contribution is 2.27. The summed E-state index contributed by atoms with van der Waals surface area (Å²) in [7, 11) is 3.31. The number of amides is 2. The van der Waals surface area contributed by atoms with E-state index < -0.39 is 6.10 Å². The number of methoxy groups -OCH3 is 1. The van der Waals surface area contributed by atoms with Gasteiger partial charge in [-0.1, -0.05) is 12.1 Å². The summed E-state index contributed by atoms with van der Waals surface area (Å²) >= 11 is 1.61. The Morgan fingerprint density at radius 1 is 1.35 bits per heavy atom. The van der Waals surface area contributed by atoms with E-state index in [4.69, 9.17) is 4.74 Å². The monoisotopic (exact) mass is 334 g/mol. The molecule has 0 aliphatic rings. The van der Waals surface area contributed by atoms with Gasteiger partial charge in [-0.3, -0.25) is 0 Å². The Bertz CT molecular complexity index is 638. The lowest BCUT2D eigenvalue weighted by Crippen LogP contribution is -2.40. The summed E-state index contributed by atoms with van der Waals surface area (Å²) in [4.78, 5) is 14.4. The number of rotatable bonds is 6. The van der Waals surface area contributed by atoms with Crippen molar-refractivity contribution < 1.29 is 14.6 Å². The highest BCUT2D eigenvalue weighted by molar-refractivity contribution is 7.10. The lowest BCUT2D eigenvalue weighted by molar-refractivity contribution is 0.144. The molecule has 2 amide bonds. The maximum atomic E-state index is 11.9. The summed E-state index contributed by atoms with van der Waals surface area (Å²) in [6, 6.07) is 9.77. The number of nitrogens with one attached hydrogen (secondary N) is 1. The lowest BCUT2D eigenvalue weighted by Gasteiger charge is -2.19. The Labute approximate surface area is 140 Å². The third kappa shape index (κ3) is 4.97. The van der Waals surface area contributed by atoms with Crippen LogP contribution in [0.25, 0.3) is 11.1 Å². The topological polar surface area (TPSA) is 61.8 Å². The number of urea groups is 1. The largest absolute Gasteiger partial charge is 0.497 e. The van der Waals surface area contributed by atoms with Gasteiger partial charge in [-0.05, 0) is 41.6 Å². The van der Waals surface area contributed by atoms with Crippen molar-refractivity contribution in [2.75, 3.05) is 20.7 Å². The summed E-state index contributed by atoms with van der Waals surface area (Å²) in [6.07, 6.45) is -0.533. The summed E-state index contributed by atoms with van der Waals surface area (Å²) in [5.74, 6) is 0.831. The van der Waals surface area contributed by atoms with Gasteiger partial charge in [0.05, 0.1) is 19.8 Å². The van der Waals surface area contributed by atoms with Crippen LogP contribution in [0.2, 0.25) is 0 Å². The maximum absolute atomic E-state index is 11.9. The molecule has 124 valence electrons. The van der Waals surface area contributed by atoms with Gasteiger partial charge in [-0.25, -0.2) is 4.79 Å². The Hall–Kier alpha value is -2.05. The van der Waals surface area contributed by atoms with E-state index in [1.165, 1.54) is 4.90 Å². The van der Waals surface area contributed by atoms with E-state index >= 15 is 0 Å². The number of ether oxygens (including phenoxy) is 1. The zero-order chi connectivity index (χ0) is 16.8. The molecule has 0 fully saturated rings. The smallest absolute Gasteiger partial charge is 0.317 e. The SMILES string of the molecule is COc1ccc(-c2csc(CNC(=O)N(C)CC(C)O)c2)cc1. The molecular formula is C17H22N2O3S. The Balaban J connectivity index is 1.93. The number of carbonyl (C=O) groups excluding carboxylic acids is 1. The van der Waals surface area contributed by atoms with E-state index in [2.05, 4.69) is 16.8 Å². The number of hydrogen-bond donors (Lipinski definition) is 2. The van der Waals surface area contributed by atoms with E-state index in [-0.39, 0.29) is 6.03 Å². The van der Waals surface area contributed by atoms with Gasteiger partial charge < -0.3 is 20.1 Å². The molecule has 1 aromatic heterocycles. The molecule has 0 spiro atoms. The molecule has 2 rings (SSSR count). The second kappa shape index (κ2) is 7.99. The van der Waals surface area contributed by atoms with E-state index in [1.807, 2.05) is 24.3 Å². The molecule has 1 unspecified atom stereocenters. The van der Waals surface area contributed by atoms with E-state index in [1.54, 1.807) is 32.4 Å². The van der Waals surface area contributed by atoms with Crippen molar-refractivity contribution in [3.63, 3.8) is 0 Å². The lowest BCUT2D eigenvalue weighted by atomic mass is 10.1. The van der Waals surface area contributed by atoms with Gasteiger partial charge in [-0.15, -0.1) is 11.3 Å². The predicted molar refractivity (Wildman–Crippen MR) is 92.9 cm³/mol. The van der Waals surface area contributed by atoms with Crippen LogP contribution in [0.4, 0.5) is 4.79 Å². The summed E-state index contributed by atoms with van der Waals surface area (Å²) in [6.45, 7) is 2.45. The molecular weight excluding hydrogens is 312 g/mol. The standard InChI is InChI=1S/C17H22N2O3S/c1-12(20)10-19(2)17(21)18-9-16-8-14(11-23-16)13-4-6-15(22-3)7-5-13/h4-8,11-12,20H,9-10H2,1-3H3,(H,18,21). The molecule has 2 N–H and O–H groups in total. The highest BCUT2D eigenvalue weighted by atomic mass is 32.1. The molecule has 0 bridgehead atoms. The van der Waals surface area contributed by atoms with Crippen LogP contribution >= 0.6 is 11.3 Å². The molecule has 1 aromatic carbocycles. The number of thiophene rings is 1. The van der Waals surface area contributed by atoms with Crippen LogP contribution < -0.4 is 10.1 Å². The maximum Gasteiger partial charge on any atom is 0.317 e. The number of aliphatic hydroxyl groups is 1. The third-order valence-electron chi connectivity index (χ3n) is 3.38. The first-order valence-corrected chi connectivity index (χ1v) is 8.26. The Kier molecular flexibility index (Phi) is 6.01.